The van der Waals surface area contributed by atoms with E-state index in [0.717, 1.165) is 31.6 Å². The minimum Gasteiger partial charge on any atom is -0.494 e. The van der Waals surface area contributed by atoms with Crippen LogP contribution in [0, 0.1) is 5.82 Å². The average Bonchev–Trinajstić information content (AvgIpc) is 3.51. The predicted octanol–water partition coefficient (Wildman–Crippen LogP) is 3.21. The van der Waals surface area contributed by atoms with Gasteiger partial charge in [0.05, 0.1) is 36.7 Å². The van der Waals surface area contributed by atoms with Crippen molar-refractivity contribution in [2.45, 2.75) is 51.2 Å². The minimum atomic E-state index is -0.792. The summed E-state index contributed by atoms with van der Waals surface area (Å²) in [4.78, 5) is 11.7. The summed E-state index contributed by atoms with van der Waals surface area (Å²) in [5.74, 6) is 1.01. The number of aromatic nitrogens is 6. The number of rotatable bonds is 7. The van der Waals surface area contributed by atoms with E-state index in [1.807, 2.05) is 26.2 Å². The van der Waals surface area contributed by atoms with Gasteiger partial charge in [0.15, 0.2) is 23.0 Å². The van der Waals surface area contributed by atoms with E-state index in [1.54, 1.807) is 22.3 Å². The molecule has 1 aromatic carbocycles. The summed E-state index contributed by atoms with van der Waals surface area (Å²) in [6, 6.07) is 2.98. The highest BCUT2D eigenvalue weighted by Crippen LogP contribution is 2.32. The van der Waals surface area contributed by atoms with Gasteiger partial charge >= 0.3 is 0 Å². The maximum absolute atomic E-state index is 14.5. The highest BCUT2D eigenvalue weighted by molar-refractivity contribution is 5.93. The Hall–Kier alpha value is -3.47. The third kappa shape index (κ3) is 4.36. The van der Waals surface area contributed by atoms with Crippen LogP contribution in [0.25, 0.3) is 16.6 Å². The average molecular weight is 483 g/mol. The van der Waals surface area contributed by atoms with E-state index in [0.29, 0.717) is 41.3 Å². The first-order valence-corrected chi connectivity index (χ1v) is 11.9. The van der Waals surface area contributed by atoms with Gasteiger partial charge in [-0.25, -0.2) is 14.4 Å². The molecule has 2 N–H and O–H groups in total. The largest absolute Gasteiger partial charge is 0.494 e. The van der Waals surface area contributed by atoms with E-state index < -0.39 is 11.4 Å². The van der Waals surface area contributed by atoms with Gasteiger partial charge in [-0.2, -0.15) is 9.61 Å². The number of aliphatic hydroxyl groups is 1. The number of benzene rings is 1. The first-order chi connectivity index (χ1) is 16.8. The molecule has 0 amide bonds. The Morgan fingerprint density at radius 1 is 1.31 bits per heavy atom. The summed E-state index contributed by atoms with van der Waals surface area (Å²) in [7, 11) is 3.20. The second kappa shape index (κ2) is 8.95. The van der Waals surface area contributed by atoms with Gasteiger partial charge in [0.25, 0.3) is 0 Å². The van der Waals surface area contributed by atoms with Crippen LogP contribution in [-0.4, -0.2) is 67.3 Å². The number of hydrogen-bond acceptors (Lipinski definition) is 8. The molecule has 0 spiro atoms. The van der Waals surface area contributed by atoms with Crippen LogP contribution in [0.4, 0.5) is 16.0 Å². The topological polar surface area (TPSA) is 106 Å². The SMILES string of the molecule is CC[C@](C)(O)Cn1cc(N2CCC[C@@H](c3nc4c5cc(F)c(OC)cc5nc(NC)n4n3)C2)cn1. The number of ether oxygens (including phenoxy) is 1. The van der Waals surface area contributed by atoms with Gasteiger partial charge in [-0.15, -0.1) is 5.10 Å². The van der Waals surface area contributed by atoms with Crippen molar-refractivity contribution in [3.05, 3.63) is 36.2 Å². The van der Waals surface area contributed by atoms with Crippen LogP contribution in [-0.2, 0) is 6.54 Å². The molecular formula is C24H31FN8O2. The normalized spacial score (nSPS) is 18.2. The predicted molar refractivity (Wildman–Crippen MR) is 132 cm³/mol. The van der Waals surface area contributed by atoms with Crippen LogP contribution in [0.2, 0.25) is 0 Å². The quantitative estimate of drug-likeness (QED) is 0.414. The summed E-state index contributed by atoms with van der Waals surface area (Å²) in [6.07, 6.45) is 6.42. The van der Waals surface area contributed by atoms with E-state index >= 15 is 0 Å². The highest BCUT2D eigenvalue weighted by Gasteiger charge is 2.27. The van der Waals surface area contributed by atoms with Gasteiger partial charge < -0.3 is 20.1 Å². The van der Waals surface area contributed by atoms with Crippen LogP contribution in [0.5, 0.6) is 5.75 Å². The molecule has 4 heterocycles. The zero-order chi connectivity index (χ0) is 24.7. The van der Waals surface area contributed by atoms with Gasteiger partial charge in [0.1, 0.15) is 0 Å². The van der Waals surface area contributed by atoms with E-state index in [2.05, 4.69) is 20.3 Å². The van der Waals surface area contributed by atoms with Crippen molar-refractivity contribution in [3.63, 3.8) is 0 Å². The molecule has 1 aliphatic rings. The van der Waals surface area contributed by atoms with Gasteiger partial charge in [-0.3, -0.25) is 4.68 Å². The monoisotopic (exact) mass is 482 g/mol. The number of anilines is 2. The first kappa shape index (κ1) is 23.3. The number of piperidine rings is 1. The van der Waals surface area contributed by atoms with Gasteiger partial charge in [-0.1, -0.05) is 6.92 Å². The lowest BCUT2D eigenvalue weighted by molar-refractivity contribution is 0.0345. The molecule has 5 rings (SSSR count). The minimum absolute atomic E-state index is 0.105. The highest BCUT2D eigenvalue weighted by atomic mass is 19.1. The molecule has 0 radical (unpaired) electrons. The van der Waals surface area contributed by atoms with Gasteiger partial charge in [0.2, 0.25) is 5.95 Å². The van der Waals surface area contributed by atoms with Gasteiger partial charge in [0, 0.05) is 43.7 Å². The first-order valence-electron chi connectivity index (χ1n) is 11.9. The lowest BCUT2D eigenvalue weighted by Crippen LogP contribution is -2.34. The Morgan fingerprint density at radius 2 is 2.14 bits per heavy atom. The lowest BCUT2D eigenvalue weighted by Gasteiger charge is -2.32. The van der Waals surface area contributed by atoms with Crippen LogP contribution in [0.15, 0.2) is 24.5 Å². The third-order valence-electron chi connectivity index (χ3n) is 6.82. The molecule has 186 valence electrons. The number of fused-ring (bicyclic) bond motifs is 3. The molecule has 0 bridgehead atoms. The lowest BCUT2D eigenvalue weighted by atomic mass is 9.97. The molecule has 0 aliphatic carbocycles. The Morgan fingerprint density at radius 3 is 2.89 bits per heavy atom. The van der Waals surface area contributed by atoms with Crippen molar-refractivity contribution in [2.75, 3.05) is 37.5 Å². The number of methoxy groups -OCH3 is 1. The summed E-state index contributed by atoms with van der Waals surface area (Å²) in [6.45, 7) is 5.89. The second-order valence-electron chi connectivity index (χ2n) is 9.43. The van der Waals surface area contributed by atoms with Crippen LogP contribution in [0.1, 0.15) is 44.9 Å². The summed E-state index contributed by atoms with van der Waals surface area (Å²) in [5.41, 5.74) is 1.37. The van der Waals surface area contributed by atoms with E-state index in [9.17, 15) is 9.50 Å². The van der Waals surface area contributed by atoms with Crippen molar-refractivity contribution < 1.29 is 14.2 Å². The molecule has 0 saturated carbocycles. The van der Waals surface area contributed by atoms with Crippen molar-refractivity contribution in [1.82, 2.24) is 29.4 Å². The fourth-order valence-electron chi connectivity index (χ4n) is 4.60. The summed E-state index contributed by atoms with van der Waals surface area (Å²) in [5, 5.41) is 23.3. The molecule has 10 nitrogen and oxygen atoms in total. The fourth-order valence-corrected chi connectivity index (χ4v) is 4.60. The van der Waals surface area contributed by atoms with Crippen LogP contribution in [0.3, 0.4) is 0 Å². The number of nitrogens with zero attached hydrogens (tertiary/aromatic N) is 7. The summed E-state index contributed by atoms with van der Waals surface area (Å²) < 4.78 is 23.1. The molecule has 3 aromatic heterocycles. The number of hydrogen-bond donors (Lipinski definition) is 2. The number of halogens is 1. The van der Waals surface area contributed by atoms with Crippen molar-refractivity contribution >= 4 is 28.2 Å². The summed E-state index contributed by atoms with van der Waals surface area (Å²) >= 11 is 0. The molecule has 4 aromatic rings. The zero-order valence-electron chi connectivity index (χ0n) is 20.5. The third-order valence-corrected chi connectivity index (χ3v) is 6.82. The Bertz CT molecular complexity index is 1360. The Kier molecular flexibility index (Phi) is 5.96. The number of nitrogens with one attached hydrogen (secondary N) is 1. The van der Waals surface area contributed by atoms with E-state index in [4.69, 9.17) is 14.8 Å². The van der Waals surface area contributed by atoms with Crippen LogP contribution >= 0.6 is 0 Å². The maximum atomic E-state index is 14.5. The molecule has 1 saturated heterocycles. The molecule has 35 heavy (non-hydrogen) atoms. The van der Waals surface area contributed by atoms with Crippen LogP contribution < -0.4 is 15.0 Å². The van der Waals surface area contributed by atoms with Crippen molar-refractivity contribution in [3.8, 4) is 5.75 Å². The molecule has 0 unspecified atom stereocenters. The van der Waals surface area contributed by atoms with E-state index in [1.165, 1.54) is 13.2 Å². The van der Waals surface area contributed by atoms with Crippen molar-refractivity contribution in [1.29, 1.82) is 0 Å². The molecule has 2 atom stereocenters. The Balaban J connectivity index is 1.46. The van der Waals surface area contributed by atoms with E-state index in [-0.39, 0.29) is 11.7 Å². The fraction of sp³-hybridized carbons (Fsp3) is 0.500. The Labute approximate surface area is 202 Å². The molecule has 11 heteroatoms. The maximum Gasteiger partial charge on any atom is 0.226 e. The molecular weight excluding hydrogens is 451 g/mol. The standard InChI is InChI=1S/C24H31FN8O2/c1-5-24(2,34)14-32-13-16(11-27-32)31-8-6-7-15(12-31)21-29-22-17-9-18(25)20(35-4)10-19(17)28-23(26-3)33(22)30-21/h9-11,13,15,34H,5-8,12,14H2,1-4H3,(H,26,28)/t15-,24+/m1/s1. The molecule has 1 fully saturated rings. The smallest absolute Gasteiger partial charge is 0.226 e. The van der Waals surface area contributed by atoms with Gasteiger partial charge in [-0.05, 0) is 32.3 Å². The molecule has 1 aliphatic heterocycles. The second-order valence-corrected chi connectivity index (χ2v) is 9.43. The zero-order valence-corrected chi connectivity index (χ0v) is 20.5. The van der Waals surface area contributed by atoms with Crippen molar-refractivity contribution in [2.24, 2.45) is 0 Å².